The number of halogens is 2. The molecule has 1 aromatic carbocycles. The molecule has 0 bridgehead atoms. The summed E-state index contributed by atoms with van der Waals surface area (Å²) >= 11 is 0. The number of rotatable bonds is 6. The number of carboxylic acids is 1. The van der Waals surface area contributed by atoms with Crippen molar-refractivity contribution in [3.8, 4) is 5.88 Å². The molecular formula is C27H30F2N4O5. The lowest BCUT2D eigenvalue weighted by molar-refractivity contribution is -0.143. The number of carbonyl (C=O) groups is 2. The first kappa shape index (κ1) is 25.9. The third-order valence-electron chi connectivity index (χ3n) is 7.59. The number of alkyl halides is 2. The van der Waals surface area contributed by atoms with Crippen LogP contribution in [0.15, 0.2) is 30.3 Å². The average molecular weight is 529 g/mol. The van der Waals surface area contributed by atoms with Crippen molar-refractivity contribution in [3.05, 3.63) is 47.4 Å². The third kappa shape index (κ3) is 4.89. The predicted octanol–water partition coefficient (Wildman–Crippen LogP) is 5.35. The summed E-state index contributed by atoms with van der Waals surface area (Å²) in [6.07, 6.45) is 3.94. The number of anilines is 1. The number of pyridine rings is 1. The van der Waals surface area contributed by atoms with Gasteiger partial charge in [0, 0.05) is 30.1 Å². The van der Waals surface area contributed by atoms with Crippen molar-refractivity contribution >= 4 is 28.8 Å². The van der Waals surface area contributed by atoms with Crippen LogP contribution in [-0.2, 0) is 22.4 Å². The monoisotopic (exact) mass is 528 g/mol. The van der Waals surface area contributed by atoms with Gasteiger partial charge in [-0.05, 0) is 57.2 Å². The zero-order chi connectivity index (χ0) is 27.0. The second-order valence-electron chi connectivity index (χ2n) is 9.93. The predicted molar refractivity (Wildman–Crippen MR) is 135 cm³/mol. The fourth-order valence-corrected chi connectivity index (χ4v) is 5.85. The van der Waals surface area contributed by atoms with E-state index in [1.807, 2.05) is 19.1 Å². The zero-order valence-electron chi connectivity index (χ0n) is 21.3. The third-order valence-corrected chi connectivity index (χ3v) is 7.59. The summed E-state index contributed by atoms with van der Waals surface area (Å²) in [7, 11) is 1.36. The van der Waals surface area contributed by atoms with Crippen LogP contribution in [0.5, 0.6) is 5.88 Å². The van der Waals surface area contributed by atoms with E-state index >= 15 is 0 Å². The van der Waals surface area contributed by atoms with Gasteiger partial charge in [-0.25, -0.2) is 14.8 Å². The Morgan fingerprint density at radius 1 is 1.16 bits per heavy atom. The molecule has 3 heterocycles. The molecule has 202 valence electrons. The molecule has 0 saturated heterocycles. The number of amides is 1. The lowest BCUT2D eigenvalue weighted by Crippen LogP contribution is -2.42. The first-order chi connectivity index (χ1) is 18.3. The second-order valence-corrected chi connectivity index (χ2v) is 9.93. The fraction of sp³-hybridized carbons (Fsp3) is 0.481. The fourth-order valence-electron chi connectivity index (χ4n) is 5.85. The minimum absolute atomic E-state index is 0.0367. The Balaban J connectivity index is 1.62. The molecule has 11 heteroatoms. The smallest absolute Gasteiger partial charge is 0.414 e. The van der Waals surface area contributed by atoms with Crippen molar-refractivity contribution in [1.82, 2.24) is 14.5 Å². The van der Waals surface area contributed by atoms with Gasteiger partial charge in [-0.1, -0.05) is 12.5 Å². The molecule has 3 aromatic rings. The first-order valence-corrected chi connectivity index (χ1v) is 12.8. The van der Waals surface area contributed by atoms with E-state index in [1.165, 1.54) is 13.2 Å². The summed E-state index contributed by atoms with van der Waals surface area (Å²) < 4.78 is 37.1. The molecule has 9 nitrogen and oxygen atoms in total. The quantitative estimate of drug-likeness (QED) is 0.460. The van der Waals surface area contributed by atoms with Gasteiger partial charge in [-0.2, -0.15) is 8.78 Å². The standard InChI is InChI=1S/C27H30F2N4O5/c1-15-9-10-19-20(32(15)27(36)37-2)11-12-21-24(19)31-22(14-17-6-4-8-23(30-17)38-26(28)29)33(21)18-7-3-5-16(13-18)25(34)35/h4,6,8,11-12,15-16,18,26H,3,5,7,9-10,13-14H2,1-2H3,(H,34,35)/t15-,16+,18+/m0/s1. The van der Waals surface area contributed by atoms with E-state index in [0.717, 1.165) is 48.0 Å². The Labute approximate surface area is 218 Å². The van der Waals surface area contributed by atoms with Crippen LogP contribution in [0.25, 0.3) is 11.0 Å². The Hall–Kier alpha value is -3.76. The lowest BCUT2D eigenvalue weighted by Gasteiger charge is -2.34. The molecule has 2 aromatic heterocycles. The minimum Gasteiger partial charge on any atom is -0.481 e. The molecule has 38 heavy (non-hydrogen) atoms. The normalized spacial score (nSPS) is 21.4. The van der Waals surface area contributed by atoms with Gasteiger partial charge < -0.3 is 19.1 Å². The number of benzene rings is 1. The number of nitrogens with zero attached hydrogens (tertiary/aromatic N) is 4. The van der Waals surface area contributed by atoms with E-state index in [2.05, 4.69) is 14.3 Å². The molecule has 0 unspecified atom stereocenters. The highest BCUT2D eigenvalue weighted by atomic mass is 19.3. The van der Waals surface area contributed by atoms with Crippen LogP contribution in [0.4, 0.5) is 19.3 Å². The highest BCUT2D eigenvalue weighted by Crippen LogP contribution is 2.41. The maximum absolute atomic E-state index is 12.8. The summed E-state index contributed by atoms with van der Waals surface area (Å²) in [5, 5.41) is 9.70. The van der Waals surface area contributed by atoms with Crippen LogP contribution in [0.3, 0.4) is 0 Å². The van der Waals surface area contributed by atoms with Crippen molar-refractivity contribution in [2.24, 2.45) is 5.92 Å². The number of imidazole rings is 1. The van der Waals surface area contributed by atoms with Crippen molar-refractivity contribution in [2.45, 2.75) is 70.6 Å². The van der Waals surface area contributed by atoms with E-state index in [4.69, 9.17) is 9.72 Å². The lowest BCUT2D eigenvalue weighted by atomic mass is 9.85. The highest BCUT2D eigenvalue weighted by molar-refractivity contribution is 5.95. The number of carbonyl (C=O) groups excluding carboxylic acids is 1. The van der Waals surface area contributed by atoms with Crippen LogP contribution < -0.4 is 9.64 Å². The number of hydrogen-bond donors (Lipinski definition) is 1. The second kappa shape index (κ2) is 10.5. The van der Waals surface area contributed by atoms with Gasteiger partial charge in [0.2, 0.25) is 5.88 Å². The molecule has 1 fully saturated rings. The Bertz CT molecular complexity index is 1360. The maximum atomic E-state index is 12.8. The van der Waals surface area contributed by atoms with Crippen LogP contribution in [0, 0.1) is 5.92 Å². The summed E-state index contributed by atoms with van der Waals surface area (Å²) in [5.41, 5.74) is 3.78. The molecule has 1 aliphatic carbocycles. The molecule has 1 aliphatic heterocycles. The van der Waals surface area contributed by atoms with Gasteiger partial charge in [-0.15, -0.1) is 0 Å². The largest absolute Gasteiger partial charge is 0.481 e. The van der Waals surface area contributed by atoms with Crippen molar-refractivity contribution in [3.63, 3.8) is 0 Å². The van der Waals surface area contributed by atoms with E-state index < -0.39 is 24.6 Å². The van der Waals surface area contributed by atoms with E-state index in [0.29, 0.717) is 24.4 Å². The topological polar surface area (TPSA) is 107 Å². The molecule has 1 amide bonds. The SMILES string of the molecule is COC(=O)N1c2ccc3c(nc(Cc4cccc(OC(F)F)n4)n3[C@@H]3CCC[C@@H](C(=O)O)C3)c2CC[C@@H]1C. The molecule has 1 saturated carbocycles. The average Bonchev–Trinajstić information content (AvgIpc) is 3.26. The summed E-state index contributed by atoms with van der Waals surface area (Å²) in [6, 6.07) is 8.39. The number of aliphatic carboxylic acids is 1. The summed E-state index contributed by atoms with van der Waals surface area (Å²) in [4.78, 5) is 35.3. The molecule has 3 atom stereocenters. The Morgan fingerprint density at radius 3 is 2.71 bits per heavy atom. The Kier molecular flexibility index (Phi) is 7.18. The van der Waals surface area contributed by atoms with E-state index in [1.54, 1.807) is 17.0 Å². The molecule has 0 radical (unpaired) electrons. The molecule has 1 N–H and O–H groups in total. The Morgan fingerprint density at radius 2 is 1.97 bits per heavy atom. The number of carboxylic acid groups (broad SMARTS) is 1. The molecular weight excluding hydrogens is 498 g/mol. The number of methoxy groups -OCH3 is 1. The number of aromatic nitrogens is 3. The summed E-state index contributed by atoms with van der Waals surface area (Å²) in [5.74, 6) is -0.772. The van der Waals surface area contributed by atoms with Gasteiger partial charge in [0.1, 0.15) is 5.82 Å². The van der Waals surface area contributed by atoms with E-state index in [-0.39, 0.29) is 24.4 Å². The van der Waals surface area contributed by atoms with Crippen LogP contribution in [0.2, 0.25) is 0 Å². The van der Waals surface area contributed by atoms with Gasteiger partial charge >= 0.3 is 18.7 Å². The van der Waals surface area contributed by atoms with Gasteiger partial charge in [0.15, 0.2) is 0 Å². The number of ether oxygens (including phenoxy) is 2. The molecule has 0 spiro atoms. The molecule has 2 aliphatic rings. The van der Waals surface area contributed by atoms with Gasteiger partial charge in [0.25, 0.3) is 0 Å². The van der Waals surface area contributed by atoms with Crippen molar-refractivity contribution in [1.29, 1.82) is 0 Å². The zero-order valence-corrected chi connectivity index (χ0v) is 21.3. The number of fused-ring (bicyclic) bond motifs is 3. The summed E-state index contributed by atoms with van der Waals surface area (Å²) in [6.45, 7) is -1.01. The molecule has 5 rings (SSSR count). The highest BCUT2D eigenvalue weighted by Gasteiger charge is 2.34. The maximum Gasteiger partial charge on any atom is 0.414 e. The number of hydrogen-bond acceptors (Lipinski definition) is 6. The van der Waals surface area contributed by atoms with Crippen molar-refractivity contribution in [2.75, 3.05) is 12.0 Å². The minimum atomic E-state index is -2.98. The van der Waals surface area contributed by atoms with Gasteiger partial charge in [-0.3, -0.25) is 9.69 Å². The van der Waals surface area contributed by atoms with Gasteiger partial charge in [0.05, 0.1) is 35.4 Å². The van der Waals surface area contributed by atoms with Crippen LogP contribution >= 0.6 is 0 Å². The number of aryl methyl sites for hydroxylation is 1. The van der Waals surface area contributed by atoms with E-state index in [9.17, 15) is 23.5 Å². The first-order valence-electron chi connectivity index (χ1n) is 12.8. The van der Waals surface area contributed by atoms with Crippen LogP contribution in [0.1, 0.15) is 62.2 Å². The van der Waals surface area contributed by atoms with Crippen LogP contribution in [-0.4, -0.2) is 51.5 Å². The van der Waals surface area contributed by atoms with Crippen molar-refractivity contribution < 1.29 is 33.0 Å².